The zero-order chi connectivity index (χ0) is 13.2. The van der Waals surface area contributed by atoms with Crippen LogP contribution in [0.25, 0.3) is 0 Å². The SMILES string of the molecule is Cc1nnc(Cn2cc(CNCC3CC3)nn2)n1C. The van der Waals surface area contributed by atoms with Crippen LogP contribution in [-0.4, -0.2) is 36.3 Å². The minimum atomic E-state index is 0.604. The number of nitrogens with one attached hydrogen (secondary N) is 1. The molecule has 0 aromatic carbocycles. The van der Waals surface area contributed by atoms with Crippen molar-refractivity contribution in [2.75, 3.05) is 6.54 Å². The molecule has 0 saturated heterocycles. The highest BCUT2D eigenvalue weighted by molar-refractivity contribution is 4.97. The number of rotatable bonds is 6. The van der Waals surface area contributed by atoms with E-state index in [-0.39, 0.29) is 0 Å². The number of aryl methyl sites for hydroxylation is 1. The zero-order valence-electron chi connectivity index (χ0n) is 11.4. The van der Waals surface area contributed by atoms with E-state index in [4.69, 9.17) is 0 Å². The molecule has 0 radical (unpaired) electrons. The molecule has 0 unspecified atom stereocenters. The van der Waals surface area contributed by atoms with E-state index in [9.17, 15) is 0 Å². The van der Waals surface area contributed by atoms with E-state index in [2.05, 4.69) is 25.8 Å². The van der Waals surface area contributed by atoms with Crippen LogP contribution >= 0.6 is 0 Å². The lowest BCUT2D eigenvalue weighted by molar-refractivity contribution is 0.602. The third-order valence-electron chi connectivity index (χ3n) is 3.51. The predicted octanol–water partition coefficient (Wildman–Crippen LogP) is 0.263. The third kappa shape index (κ3) is 2.98. The van der Waals surface area contributed by atoms with Crippen molar-refractivity contribution in [3.8, 4) is 0 Å². The highest BCUT2D eigenvalue weighted by Gasteiger charge is 2.20. The van der Waals surface area contributed by atoms with Crippen molar-refractivity contribution >= 4 is 0 Å². The fraction of sp³-hybridized carbons (Fsp3) is 0.667. The van der Waals surface area contributed by atoms with Gasteiger partial charge in [-0.15, -0.1) is 15.3 Å². The van der Waals surface area contributed by atoms with Crippen molar-refractivity contribution in [2.45, 2.75) is 32.9 Å². The molecule has 3 rings (SSSR count). The average molecular weight is 261 g/mol. The average Bonchev–Trinajstić information content (AvgIpc) is 3.04. The van der Waals surface area contributed by atoms with Crippen molar-refractivity contribution in [1.29, 1.82) is 0 Å². The summed E-state index contributed by atoms with van der Waals surface area (Å²) in [6.07, 6.45) is 4.69. The minimum absolute atomic E-state index is 0.604. The first-order valence-corrected chi connectivity index (χ1v) is 6.67. The normalized spacial score (nSPS) is 15.1. The van der Waals surface area contributed by atoms with Crippen LogP contribution in [0.3, 0.4) is 0 Å². The Morgan fingerprint density at radius 1 is 1.32 bits per heavy atom. The Bertz CT molecular complexity index is 552. The van der Waals surface area contributed by atoms with Gasteiger partial charge in [0.25, 0.3) is 0 Å². The highest BCUT2D eigenvalue weighted by atomic mass is 15.4. The Balaban J connectivity index is 1.56. The summed E-state index contributed by atoms with van der Waals surface area (Å²) in [5.74, 6) is 2.68. The van der Waals surface area contributed by atoms with Gasteiger partial charge in [-0.25, -0.2) is 4.68 Å². The lowest BCUT2D eigenvalue weighted by Gasteiger charge is -2.01. The number of nitrogens with zero attached hydrogens (tertiary/aromatic N) is 6. The summed E-state index contributed by atoms with van der Waals surface area (Å²) in [6, 6.07) is 0. The molecule has 7 nitrogen and oxygen atoms in total. The van der Waals surface area contributed by atoms with Crippen molar-refractivity contribution in [2.24, 2.45) is 13.0 Å². The fourth-order valence-electron chi connectivity index (χ4n) is 1.96. The maximum Gasteiger partial charge on any atom is 0.154 e. The molecule has 1 fully saturated rings. The van der Waals surface area contributed by atoms with Gasteiger partial charge in [0.15, 0.2) is 5.82 Å². The topological polar surface area (TPSA) is 73.5 Å². The summed E-state index contributed by atoms with van der Waals surface area (Å²) in [5.41, 5.74) is 0.972. The number of hydrogen-bond acceptors (Lipinski definition) is 5. The molecule has 1 N–H and O–H groups in total. The van der Waals surface area contributed by atoms with E-state index in [0.717, 1.165) is 36.4 Å². The first-order chi connectivity index (χ1) is 9.22. The largest absolute Gasteiger partial charge is 0.317 e. The zero-order valence-corrected chi connectivity index (χ0v) is 11.4. The molecule has 1 aliphatic carbocycles. The van der Waals surface area contributed by atoms with Gasteiger partial charge >= 0.3 is 0 Å². The molecule has 2 aromatic rings. The molecule has 1 saturated carbocycles. The van der Waals surface area contributed by atoms with Crippen LogP contribution in [-0.2, 0) is 20.1 Å². The molecule has 2 heterocycles. The summed E-state index contributed by atoms with van der Waals surface area (Å²) in [4.78, 5) is 0. The molecule has 19 heavy (non-hydrogen) atoms. The quantitative estimate of drug-likeness (QED) is 0.807. The van der Waals surface area contributed by atoms with E-state index < -0.39 is 0 Å². The van der Waals surface area contributed by atoms with Gasteiger partial charge < -0.3 is 9.88 Å². The van der Waals surface area contributed by atoms with E-state index in [1.54, 1.807) is 4.68 Å². The molecule has 0 amide bonds. The van der Waals surface area contributed by atoms with Gasteiger partial charge in [0.1, 0.15) is 12.4 Å². The van der Waals surface area contributed by atoms with Crippen LogP contribution in [0.5, 0.6) is 0 Å². The Kier molecular flexibility index (Phi) is 3.29. The molecule has 0 bridgehead atoms. The van der Waals surface area contributed by atoms with Gasteiger partial charge in [-0.3, -0.25) is 0 Å². The first-order valence-electron chi connectivity index (χ1n) is 6.67. The summed E-state index contributed by atoms with van der Waals surface area (Å²) in [5, 5.41) is 19.8. The van der Waals surface area contributed by atoms with Gasteiger partial charge in [0.2, 0.25) is 0 Å². The smallest absolute Gasteiger partial charge is 0.154 e. The molecule has 2 aromatic heterocycles. The Morgan fingerprint density at radius 3 is 2.84 bits per heavy atom. The molecular weight excluding hydrogens is 242 g/mol. The van der Waals surface area contributed by atoms with Gasteiger partial charge in [0.05, 0.1) is 11.9 Å². The number of aromatic nitrogens is 6. The Hall–Kier alpha value is -1.76. The summed E-state index contributed by atoms with van der Waals surface area (Å²) in [6.45, 7) is 4.42. The second-order valence-corrected chi connectivity index (χ2v) is 5.20. The van der Waals surface area contributed by atoms with Crippen LogP contribution in [0.15, 0.2) is 6.20 Å². The van der Waals surface area contributed by atoms with Crippen molar-refractivity contribution in [3.63, 3.8) is 0 Å². The second-order valence-electron chi connectivity index (χ2n) is 5.20. The first kappa shape index (κ1) is 12.3. The van der Waals surface area contributed by atoms with E-state index >= 15 is 0 Å². The van der Waals surface area contributed by atoms with Crippen LogP contribution in [0.4, 0.5) is 0 Å². The lowest BCUT2D eigenvalue weighted by Crippen LogP contribution is -2.16. The Labute approximate surface area is 112 Å². The van der Waals surface area contributed by atoms with Gasteiger partial charge in [-0.2, -0.15) is 0 Å². The molecular formula is C12H19N7. The van der Waals surface area contributed by atoms with Crippen molar-refractivity contribution in [3.05, 3.63) is 23.5 Å². The van der Waals surface area contributed by atoms with Crippen molar-refractivity contribution < 1.29 is 0 Å². The van der Waals surface area contributed by atoms with Crippen LogP contribution in [0.1, 0.15) is 30.2 Å². The third-order valence-corrected chi connectivity index (χ3v) is 3.51. The minimum Gasteiger partial charge on any atom is -0.317 e. The highest BCUT2D eigenvalue weighted by Crippen LogP contribution is 2.27. The van der Waals surface area contributed by atoms with Gasteiger partial charge in [-0.05, 0) is 32.2 Å². The maximum absolute atomic E-state index is 4.16. The number of hydrogen-bond donors (Lipinski definition) is 1. The van der Waals surface area contributed by atoms with E-state index in [1.807, 2.05) is 24.7 Å². The summed E-state index contributed by atoms with van der Waals surface area (Å²) >= 11 is 0. The Morgan fingerprint density at radius 2 is 2.16 bits per heavy atom. The molecule has 7 heteroatoms. The molecule has 1 aliphatic rings. The van der Waals surface area contributed by atoms with Crippen molar-refractivity contribution in [1.82, 2.24) is 35.1 Å². The molecule has 0 aliphatic heterocycles. The van der Waals surface area contributed by atoms with Crippen LogP contribution in [0, 0.1) is 12.8 Å². The fourth-order valence-corrected chi connectivity index (χ4v) is 1.96. The standard InChI is InChI=1S/C12H19N7/c1-9-14-16-12(18(9)2)8-19-7-11(15-17-19)6-13-5-10-3-4-10/h7,10,13H,3-6,8H2,1-2H3. The summed E-state index contributed by atoms with van der Waals surface area (Å²) < 4.78 is 3.77. The lowest BCUT2D eigenvalue weighted by atomic mass is 10.4. The summed E-state index contributed by atoms with van der Waals surface area (Å²) in [7, 11) is 1.96. The predicted molar refractivity (Wildman–Crippen MR) is 69.3 cm³/mol. The van der Waals surface area contributed by atoms with Crippen LogP contribution in [0.2, 0.25) is 0 Å². The van der Waals surface area contributed by atoms with Gasteiger partial charge in [-0.1, -0.05) is 5.21 Å². The maximum atomic E-state index is 4.16. The molecule has 0 spiro atoms. The van der Waals surface area contributed by atoms with Crippen LogP contribution < -0.4 is 5.32 Å². The van der Waals surface area contributed by atoms with Gasteiger partial charge in [0, 0.05) is 13.6 Å². The van der Waals surface area contributed by atoms with E-state index in [0.29, 0.717) is 6.54 Å². The second kappa shape index (κ2) is 5.08. The monoisotopic (exact) mass is 261 g/mol. The molecule has 0 atom stereocenters. The molecule has 102 valence electrons. The van der Waals surface area contributed by atoms with E-state index in [1.165, 1.54) is 12.8 Å².